The Morgan fingerprint density at radius 3 is 2.57 bits per heavy atom. The number of alkyl halides is 3. The van der Waals surface area contributed by atoms with E-state index in [1.165, 1.54) is 6.07 Å². The van der Waals surface area contributed by atoms with Crippen molar-refractivity contribution in [3.05, 3.63) is 47.3 Å². The third-order valence-corrected chi connectivity index (χ3v) is 11.4. The van der Waals surface area contributed by atoms with Gasteiger partial charge < -0.3 is 14.2 Å². The molecule has 1 aromatic carbocycles. The van der Waals surface area contributed by atoms with Gasteiger partial charge in [-0.25, -0.2) is 13.1 Å². The molecule has 2 unspecified atom stereocenters. The fourth-order valence-corrected chi connectivity index (χ4v) is 7.07. The Morgan fingerprint density at radius 1 is 1.22 bits per heavy atom. The van der Waals surface area contributed by atoms with Crippen molar-refractivity contribution in [1.82, 2.24) is 9.78 Å². The first-order valence-corrected chi connectivity index (χ1v) is 17.7. The molecule has 0 radical (unpaired) electrons. The normalized spacial score (nSPS) is 23.7. The number of halogens is 3. The van der Waals surface area contributed by atoms with Gasteiger partial charge in [0.1, 0.15) is 12.8 Å². The van der Waals surface area contributed by atoms with E-state index in [9.17, 15) is 21.6 Å². The molecule has 0 aliphatic carbocycles. The summed E-state index contributed by atoms with van der Waals surface area (Å²) < 4.78 is 84.8. The second-order valence-electron chi connectivity index (χ2n) is 11.4. The Bertz CT molecular complexity index is 1210. The fourth-order valence-electron chi connectivity index (χ4n) is 4.48. The highest BCUT2D eigenvalue weighted by Gasteiger charge is 2.46. The van der Waals surface area contributed by atoms with Crippen molar-refractivity contribution in [3.63, 3.8) is 0 Å². The van der Waals surface area contributed by atoms with Crippen LogP contribution < -0.4 is 0 Å². The van der Waals surface area contributed by atoms with E-state index < -0.39 is 40.5 Å². The molecule has 2 aliphatic heterocycles. The Labute approximate surface area is 217 Å². The van der Waals surface area contributed by atoms with Crippen LogP contribution in [0.3, 0.4) is 0 Å². The lowest BCUT2D eigenvalue weighted by Crippen LogP contribution is -2.42. The van der Waals surface area contributed by atoms with Gasteiger partial charge >= 0.3 is 6.18 Å². The molecule has 0 amide bonds. The summed E-state index contributed by atoms with van der Waals surface area (Å²) in [6, 6.07) is 6.88. The molecule has 7 nitrogen and oxygen atoms in total. The number of hydrogen-bond acceptors (Lipinski definition) is 6. The highest BCUT2D eigenvalue weighted by Crippen LogP contribution is 2.43. The molecule has 2 fully saturated rings. The molecule has 0 saturated carbocycles. The lowest BCUT2D eigenvalue weighted by Gasteiger charge is -2.37. The summed E-state index contributed by atoms with van der Waals surface area (Å²) in [5.41, 5.74) is 0.563. The fraction of sp³-hybridized carbons (Fsp3) is 0.640. The second kappa shape index (κ2) is 10.4. The van der Waals surface area contributed by atoms with Gasteiger partial charge in [0.15, 0.2) is 9.84 Å². The third-order valence-electron chi connectivity index (χ3n) is 7.11. The maximum absolute atomic E-state index is 13.6. The van der Waals surface area contributed by atoms with E-state index in [0.717, 1.165) is 29.9 Å². The number of nitrogens with zero attached hydrogens (tertiary/aromatic N) is 2. The lowest BCUT2D eigenvalue weighted by molar-refractivity contribution is -0.137. The highest BCUT2D eigenvalue weighted by molar-refractivity contribution is 7.92. The summed E-state index contributed by atoms with van der Waals surface area (Å²) in [7, 11) is -5.37. The van der Waals surface area contributed by atoms with Crippen molar-refractivity contribution in [1.29, 1.82) is 0 Å². The van der Waals surface area contributed by atoms with Crippen LogP contribution in [0.2, 0.25) is 25.7 Å². The summed E-state index contributed by atoms with van der Waals surface area (Å²) in [4.78, 5) is -0.332. The molecule has 12 heteroatoms. The Kier molecular flexibility index (Phi) is 7.98. The van der Waals surface area contributed by atoms with Crippen LogP contribution in [-0.4, -0.2) is 57.4 Å². The van der Waals surface area contributed by atoms with E-state index in [2.05, 4.69) is 19.6 Å². The van der Waals surface area contributed by atoms with Gasteiger partial charge in [-0.05, 0) is 50.1 Å². The van der Waals surface area contributed by atoms with E-state index in [-0.39, 0.29) is 37.0 Å². The van der Waals surface area contributed by atoms with Gasteiger partial charge in [-0.1, -0.05) is 25.7 Å². The number of aromatic nitrogens is 2. The number of hydrogen-bond donors (Lipinski definition) is 0. The third kappa shape index (κ3) is 6.30. The SMILES string of the molecule is CC1(S(=O)(=O)c2cccc(C(F)(F)F)c2)CCOC(c2cc(C3COC3)nn2COCC[Si](C)(C)C)C1. The van der Waals surface area contributed by atoms with Gasteiger partial charge in [0.05, 0.1) is 39.8 Å². The number of benzene rings is 1. The predicted octanol–water partition coefficient (Wildman–Crippen LogP) is 5.41. The van der Waals surface area contributed by atoms with Crippen molar-refractivity contribution in [3.8, 4) is 0 Å². The zero-order chi connectivity index (χ0) is 27.1. The Balaban J connectivity index is 1.58. The molecule has 1 aromatic heterocycles. The van der Waals surface area contributed by atoms with E-state index in [0.29, 0.717) is 25.5 Å². The number of rotatable bonds is 9. The van der Waals surface area contributed by atoms with Crippen LogP contribution in [0.1, 0.15) is 48.7 Å². The van der Waals surface area contributed by atoms with Gasteiger partial charge in [-0.2, -0.15) is 18.3 Å². The molecule has 0 spiro atoms. The maximum Gasteiger partial charge on any atom is 0.416 e. The van der Waals surface area contributed by atoms with Gasteiger partial charge in [-0.15, -0.1) is 0 Å². The average Bonchev–Trinajstić information content (AvgIpc) is 3.18. The van der Waals surface area contributed by atoms with Gasteiger partial charge in [0.25, 0.3) is 0 Å². The summed E-state index contributed by atoms with van der Waals surface area (Å²) in [6.07, 6.45) is -4.96. The Morgan fingerprint density at radius 2 is 1.95 bits per heavy atom. The van der Waals surface area contributed by atoms with Crippen LogP contribution >= 0.6 is 0 Å². The molecule has 2 aliphatic rings. The lowest BCUT2D eigenvalue weighted by atomic mass is 9.94. The Hall–Kier alpha value is -1.73. The molecule has 0 N–H and O–H groups in total. The van der Waals surface area contributed by atoms with Crippen LogP contribution in [0.5, 0.6) is 0 Å². The maximum atomic E-state index is 13.6. The van der Waals surface area contributed by atoms with Crippen LogP contribution in [0, 0.1) is 0 Å². The number of ether oxygens (including phenoxy) is 3. The first kappa shape index (κ1) is 28.3. The monoisotopic (exact) mass is 560 g/mol. The van der Waals surface area contributed by atoms with E-state index in [1.54, 1.807) is 11.6 Å². The molecular formula is C25H35F3N2O5SSi. The molecule has 2 aromatic rings. The second-order valence-corrected chi connectivity index (χ2v) is 19.5. The topological polar surface area (TPSA) is 79.7 Å². The molecule has 2 atom stereocenters. The van der Waals surface area contributed by atoms with Crippen LogP contribution in [0.25, 0.3) is 0 Å². The molecule has 206 valence electrons. The summed E-state index contributed by atoms with van der Waals surface area (Å²) in [5, 5.41) is 4.72. The number of sulfone groups is 1. The first-order chi connectivity index (χ1) is 17.2. The largest absolute Gasteiger partial charge is 0.416 e. The van der Waals surface area contributed by atoms with E-state index in [4.69, 9.17) is 19.3 Å². The van der Waals surface area contributed by atoms with Crippen LogP contribution in [-0.2, 0) is 37.0 Å². The van der Waals surface area contributed by atoms with Crippen molar-refractivity contribution in [2.24, 2.45) is 0 Å². The summed E-state index contributed by atoms with van der Waals surface area (Å²) in [6.45, 7) is 10.5. The molecule has 37 heavy (non-hydrogen) atoms. The quantitative estimate of drug-likeness (QED) is 0.301. The van der Waals surface area contributed by atoms with E-state index >= 15 is 0 Å². The van der Waals surface area contributed by atoms with Gasteiger partial charge in [0, 0.05) is 27.2 Å². The van der Waals surface area contributed by atoms with Gasteiger partial charge in [-0.3, -0.25) is 0 Å². The van der Waals surface area contributed by atoms with Crippen molar-refractivity contribution >= 4 is 17.9 Å². The standard InChI is InChI=1S/C25H35F3N2O5SSi/c1-24(36(31,32)20-7-5-6-19(12-20)25(26,27)28)8-9-35-23(14-24)22-13-21(18-15-34-16-18)29-30(22)17-33-10-11-37(2,3)4/h5-7,12-13,18,23H,8-11,14-17H2,1-4H3. The minimum Gasteiger partial charge on any atom is -0.380 e. The van der Waals surface area contributed by atoms with Crippen LogP contribution in [0.4, 0.5) is 13.2 Å². The molecule has 2 saturated heterocycles. The average molecular weight is 561 g/mol. The minimum absolute atomic E-state index is 0.0901. The molecule has 0 bridgehead atoms. The van der Waals surface area contributed by atoms with Crippen molar-refractivity contribution in [2.75, 3.05) is 26.4 Å². The molecule has 3 heterocycles. The zero-order valence-electron chi connectivity index (χ0n) is 21.7. The smallest absolute Gasteiger partial charge is 0.380 e. The summed E-state index contributed by atoms with van der Waals surface area (Å²) >= 11 is 0. The molecule has 4 rings (SSSR count). The zero-order valence-corrected chi connectivity index (χ0v) is 23.5. The van der Waals surface area contributed by atoms with Crippen molar-refractivity contribution < 1.29 is 35.8 Å². The minimum atomic E-state index is -4.63. The highest BCUT2D eigenvalue weighted by atomic mass is 32.2. The van der Waals surface area contributed by atoms with Crippen LogP contribution in [0.15, 0.2) is 35.2 Å². The van der Waals surface area contributed by atoms with Gasteiger partial charge in [0.2, 0.25) is 0 Å². The predicted molar refractivity (Wildman–Crippen MR) is 135 cm³/mol. The summed E-state index contributed by atoms with van der Waals surface area (Å²) in [5.74, 6) is 0.158. The molecular weight excluding hydrogens is 525 g/mol. The first-order valence-electron chi connectivity index (χ1n) is 12.5. The van der Waals surface area contributed by atoms with E-state index in [1.807, 2.05) is 6.07 Å². The van der Waals surface area contributed by atoms with Crippen molar-refractivity contribution in [2.45, 2.75) is 80.0 Å².